The van der Waals surface area contributed by atoms with Crippen LogP contribution in [0.15, 0.2) is 90.0 Å². The molecule has 4 N–H and O–H groups in total. The van der Waals surface area contributed by atoms with E-state index in [1.165, 1.54) is 0 Å². The summed E-state index contributed by atoms with van der Waals surface area (Å²) in [5, 5.41) is 5.60. The zero-order valence-electron chi connectivity index (χ0n) is 30.9. The van der Waals surface area contributed by atoms with Gasteiger partial charge in [-0.3, -0.25) is 4.79 Å². The second kappa shape index (κ2) is 17.0. The summed E-state index contributed by atoms with van der Waals surface area (Å²) in [5.74, 6) is -2.71. The van der Waals surface area contributed by atoms with Crippen LogP contribution in [0.4, 0.5) is 20.2 Å². The van der Waals surface area contributed by atoms with Gasteiger partial charge in [-0.2, -0.15) is 0 Å². The summed E-state index contributed by atoms with van der Waals surface area (Å²) in [7, 11) is 0.223. The van der Waals surface area contributed by atoms with Crippen molar-refractivity contribution in [3.05, 3.63) is 90.6 Å². The topological polar surface area (TPSA) is 109 Å². The zero-order valence-corrected chi connectivity index (χ0v) is 32.5. The number of nitrogens with one attached hydrogen (secondary N) is 2. The molecule has 0 spiro atoms. The molecule has 286 valence electrons. The molecule has 1 saturated carbocycles. The molecule has 1 heterocycles. The Balaban J connectivity index is 0.986. The Kier molecular flexibility index (Phi) is 12.3. The van der Waals surface area contributed by atoms with Gasteiger partial charge in [0.15, 0.2) is 0 Å². The van der Waals surface area contributed by atoms with Crippen molar-refractivity contribution in [2.75, 3.05) is 30.9 Å². The number of hydrogen-bond donors (Lipinski definition) is 3. The first-order chi connectivity index (χ1) is 25.8. The lowest BCUT2D eigenvalue weighted by molar-refractivity contribution is -0.116. The molecule has 0 aliphatic heterocycles. The molecule has 0 unspecified atom stereocenters. The molecule has 0 saturated heterocycles. The number of carbonyl (C=O) groups is 1. The quantitative estimate of drug-likeness (QED) is 0.0681. The number of halogens is 2. The van der Waals surface area contributed by atoms with E-state index >= 15 is 0 Å². The van der Waals surface area contributed by atoms with E-state index in [-0.39, 0.29) is 29.7 Å². The molecule has 1 amide bonds. The number of nitrogens with two attached hydrogens (primary N) is 1. The summed E-state index contributed by atoms with van der Waals surface area (Å²) < 4.78 is 59.4. The van der Waals surface area contributed by atoms with Crippen LogP contribution in [0.3, 0.4) is 0 Å². The number of anilines is 2. The number of benzene rings is 4. The number of nitrogens with zero attached hydrogens (tertiary/aromatic N) is 2. The summed E-state index contributed by atoms with van der Waals surface area (Å²) in [5.41, 5.74) is 11.1. The van der Waals surface area contributed by atoms with Crippen LogP contribution in [0.2, 0.25) is 0 Å². The molecular formula is C42H49F2N5O3S2. The lowest BCUT2D eigenvalue weighted by atomic mass is 9.92. The van der Waals surface area contributed by atoms with Crippen molar-refractivity contribution in [2.24, 2.45) is 5.73 Å². The molecule has 0 bridgehead atoms. The lowest BCUT2D eigenvalue weighted by Gasteiger charge is -2.29. The van der Waals surface area contributed by atoms with Crippen LogP contribution >= 0.6 is 12.2 Å². The number of fused-ring (bicyclic) bond motifs is 2. The number of alkyl halides is 2. The van der Waals surface area contributed by atoms with Crippen molar-refractivity contribution in [2.45, 2.75) is 87.5 Å². The maximum absolute atomic E-state index is 14.1. The van der Waals surface area contributed by atoms with E-state index in [1.54, 1.807) is 12.1 Å². The predicted molar refractivity (Wildman–Crippen MR) is 220 cm³/mol. The molecule has 54 heavy (non-hydrogen) atoms. The van der Waals surface area contributed by atoms with E-state index in [1.807, 2.05) is 91.9 Å². The highest BCUT2D eigenvalue weighted by atomic mass is 32.2. The van der Waals surface area contributed by atoms with Crippen molar-refractivity contribution in [1.29, 1.82) is 0 Å². The van der Waals surface area contributed by atoms with Crippen LogP contribution in [-0.2, 0) is 14.8 Å². The Morgan fingerprint density at radius 3 is 2.31 bits per heavy atom. The molecule has 1 fully saturated rings. The maximum Gasteiger partial charge on any atom is 0.248 e. The van der Waals surface area contributed by atoms with E-state index in [4.69, 9.17) is 18.0 Å². The molecule has 8 nitrogen and oxygen atoms in total. The highest BCUT2D eigenvalue weighted by Gasteiger charge is 2.36. The fourth-order valence-corrected chi connectivity index (χ4v) is 8.94. The number of thiocarbonyl (C=S) groups is 1. The third kappa shape index (κ3) is 9.27. The van der Waals surface area contributed by atoms with Gasteiger partial charge in [-0.05, 0) is 61.6 Å². The van der Waals surface area contributed by atoms with Gasteiger partial charge in [-0.15, -0.1) is 0 Å². The summed E-state index contributed by atoms with van der Waals surface area (Å²) in [4.78, 5) is 15.5. The van der Waals surface area contributed by atoms with Crippen LogP contribution in [0, 0.1) is 0 Å². The van der Waals surface area contributed by atoms with Crippen LogP contribution < -0.4 is 20.7 Å². The predicted octanol–water partition coefficient (Wildman–Crippen LogP) is 9.56. The van der Waals surface area contributed by atoms with Crippen molar-refractivity contribution < 1.29 is 22.0 Å². The summed E-state index contributed by atoms with van der Waals surface area (Å²) in [6, 6.07) is 24.5. The normalized spacial score (nSPS) is 14.7. The average Bonchev–Trinajstić information content (AvgIpc) is 3.52. The number of aromatic nitrogens is 1. The van der Waals surface area contributed by atoms with Crippen molar-refractivity contribution in [3.8, 4) is 11.1 Å². The first-order valence-corrected chi connectivity index (χ1v) is 20.6. The molecule has 1 aliphatic carbocycles. The van der Waals surface area contributed by atoms with Crippen molar-refractivity contribution >= 4 is 66.2 Å². The second-order valence-corrected chi connectivity index (χ2v) is 16.7. The van der Waals surface area contributed by atoms with Crippen LogP contribution in [0.5, 0.6) is 0 Å². The van der Waals surface area contributed by atoms with Gasteiger partial charge in [-0.1, -0.05) is 86.4 Å². The van der Waals surface area contributed by atoms with Gasteiger partial charge in [0.1, 0.15) is 4.99 Å². The Bertz CT molecular complexity index is 2240. The molecule has 6 rings (SSSR count). The Morgan fingerprint density at radius 1 is 0.889 bits per heavy atom. The van der Waals surface area contributed by atoms with Gasteiger partial charge in [0, 0.05) is 90.8 Å². The number of hydrogen-bond acceptors (Lipinski definition) is 5. The van der Waals surface area contributed by atoms with Crippen molar-refractivity contribution in [3.63, 3.8) is 0 Å². The summed E-state index contributed by atoms with van der Waals surface area (Å²) >= 11 is 5.20. The number of carbonyl (C=O) groups excluding carboxylic acids is 1. The molecule has 1 aromatic heterocycles. The van der Waals surface area contributed by atoms with Gasteiger partial charge in [-0.25, -0.2) is 21.9 Å². The largest absolute Gasteiger partial charge is 0.389 e. The van der Waals surface area contributed by atoms with Crippen LogP contribution in [-0.4, -0.2) is 50.4 Å². The molecule has 1 aliphatic rings. The number of amides is 1. The fourth-order valence-electron chi connectivity index (χ4n) is 7.52. The second-order valence-electron chi connectivity index (χ2n) is 14.6. The van der Waals surface area contributed by atoms with E-state index in [9.17, 15) is 22.0 Å². The van der Waals surface area contributed by atoms with Crippen LogP contribution in [0.1, 0.15) is 82.2 Å². The number of sulfonamides is 1. The average molecular weight is 774 g/mol. The van der Waals surface area contributed by atoms with Gasteiger partial charge in [0.05, 0.1) is 10.4 Å². The van der Waals surface area contributed by atoms with E-state index in [0.29, 0.717) is 41.9 Å². The Morgan fingerprint density at radius 2 is 1.57 bits per heavy atom. The van der Waals surface area contributed by atoms with Gasteiger partial charge in [0.2, 0.25) is 21.9 Å². The van der Waals surface area contributed by atoms with Gasteiger partial charge < -0.3 is 20.5 Å². The summed E-state index contributed by atoms with van der Waals surface area (Å²) in [6.45, 7) is 0.366. The molecule has 4 aromatic carbocycles. The highest BCUT2D eigenvalue weighted by molar-refractivity contribution is 7.89. The molecule has 0 radical (unpaired) electrons. The molecule has 0 atom stereocenters. The standard InChI is InChI=1S/C42H49F2N5O3S2/c1-48(2)37-16-10-15-35-33(37)14-11-17-39(35)54(51,52)46-25-8-6-4-3-5-7-18-40(50)47-31-19-20-34-36(29-12-9-13-30(26-29)41(45)53)28-49(38(34)27-31)32-21-23-42(43,44)24-22-32/h9-17,19-20,26-28,32,46H,3-8,18,21-25H2,1-2H3,(H2,45,53)(H,47,50). The smallest absolute Gasteiger partial charge is 0.248 e. The number of rotatable bonds is 16. The monoisotopic (exact) mass is 773 g/mol. The first kappa shape index (κ1) is 39.3. The molecule has 12 heteroatoms. The summed E-state index contributed by atoms with van der Waals surface area (Å²) in [6.07, 6.45) is 8.02. The third-order valence-electron chi connectivity index (χ3n) is 10.4. The highest BCUT2D eigenvalue weighted by Crippen LogP contribution is 2.42. The molecule has 5 aromatic rings. The van der Waals surface area contributed by atoms with Gasteiger partial charge >= 0.3 is 0 Å². The Hall–Kier alpha value is -4.39. The van der Waals surface area contributed by atoms with E-state index < -0.39 is 15.9 Å². The SMILES string of the molecule is CN(C)c1cccc2c(S(=O)(=O)NCCCCCCCCC(=O)Nc3ccc4c(-c5cccc(C(N)=S)c5)cn(C5CCC(F)(F)CC5)c4c3)cccc12. The van der Waals surface area contributed by atoms with Crippen LogP contribution in [0.25, 0.3) is 32.8 Å². The minimum Gasteiger partial charge on any atom is -0.389 e. The fraction of sp³-hybridized carbons (Fsp3) is 0.381. The first-order valence-electron chi connectivity index (χ1n) is 18.7. The zero-order chi connectivity index (χ0) is 38.5. The van der Waals surface area contributed by atoms with E-state index in [2.05, 4.69) is 14.6 Å². The van der Waals surface area contributed by atoms with Gasteiger partial charge in [0.25, 0.3) is 0 Å². The van der Waals surface area contributed by atoms with E-state index in [0.717, 1.165) is 77.2 Å². The minimum atomic E-state index is -3.66. The Labute approximate surface area is 322 Å². The number of unbranched alkanes of at least 4 members (excludes halogenated alkanes) is 5. The maximum atomic E-state index is 14.1. The third-order valence-corrected chi connectivity index (χ3v) is 12.2. The minimum absolute atomic E-state index is 0.0744. The lowest BCUT2D eigenvalue weighted by Crippen LogP contribution is -2.26. The molecular weight excluding hydrogens is 725 g/mol. The van der Waals surface area contributed by atoms with Crippen molar-refractivity contribution in [1.82, 2.24) is 9.29 Å².